The molecule has 1 saturated heterocycles. The van der Waals surface area contributed by atoms with Crippen molar-refractivity contribution in [3.8, 4) is 0 Å². The van der Waals surface area contributed by atoms with E-state index in [1.807, 2.05) is 0 Å². The highest BCUT2D eigenvalue weighted by molar-refractivity contribution is 8.00. The first-order valence-corrected chi connectivity index (χ1v) is 9.76. The van der Waals surface area contributed by atoms with Crippen LogP contribution in [0, 0.1) is 19.8 Å². The van der Waals surface area contributed by atoms with Crippen molar-refractivity contribution in [3.63, 3.8) is 0 Å². The maximum Gasteiger partial charge on any atom is 0.230 e. The van der Waals surface area contributed by atoms with Gasteiger partial charge in [0.1, 0.15) is 16.2 Å². The van der Waals surface area contributed by atoms with Gasteiger partial charge in [0.05, 0.1) is 5.75 Å². The Kier molecular flexibility index (Phi) is 5.50. The molecule has 124 valence electrons. The van der Waals surface area contributed by atoms with Gasteiger partial charge >= 0.3 is 0 Å². The third-order valence-corrected chi connectivity index (χ3v) is 6.36. The van der Waals surface area contributed by atoms with Crippen molar-refractivity contribution in [2.45, 2.75) is 31.7 Å². The maximum atomic E-state index is 12.1. The highest BCUT2D eigenvalue weighted by Crippen LogP contribution is 2.34. The van der Waals surface area contributed by atoms with E-state index in [1.54, 1.807) is 17.7 Å². The zero-order chi connectivity index (χ0) is 16.2. The van der Waals surface area contributed by atoms with Crippen molar-refractivity contribution in [1.29, 1.82) is 0 Å². The van der Waals surface area contributed by atoms with Crippen LogP contribution < -0.4 is 10.6 Å². The van der Waals surface area contributed by atoms with Crippen LogP contribution in [0.1, 0.15) is 23.3 Å². The topological polar surface area (TPSA) is 66.9 Å². The Morgan fingerprint density at radius 2 is 2.35 bits per heavy atom. The summed E-state index contributed by atoms with van der Waals surface area (Å²) in [5.41, 5.74) is 1.22. The van der Waals surface area contributed by atoms with Crippen LogP contribution in [0.15, 0.2) is 11.4 Å². The molecule has 5 nitrogen and oxygen atoms in total. The fraction of sp³-hybridized carbons (Fsp3) is 0.562. The van der Waals surface area contributed by atoms with Gasteiger partial charge in [-0.25, -0.2) is 9.97 Å². The van der Waals surface area contributed by atoms with Crippen LogP contribution in [0.25, 0.3) is 10.2 Å². The Morgan fingerprint density at radius 1 is 1.48 bits per heavy atom. The summed E-state index contributed by atoms with van der Waals surface area (Å²) < 4.78 is 0. The molecular weight excluding hydrogens is 328 g/mol. The van der Waals surface area contributed by atoms with Crippen LogP contribution in [-0.4, -0.2) is 41.3 Å². The normalized spacial score (nSPS) is 18.3. The predicted molar refractivity (Wildman–Crippen MR) is 96.2 cm³/mol. The lowest BCUT2D eigenvalue weighted by Crippen LogP contribution is -2.38. The quantitative estimate of drug-likeness (QED) is 0.641. The number of amides is 1. The number of thiophene rings is 1. The predicted octanol–water partition coefficient (Wildman–Crippen LogP) is 2.52. The maximum absolute atomic E-state index is 12.1. The van der Waals surface area contributed by atoms with Crippen molar-refractivity contribution < 1.29 is 4.79 Å². The van der Waals surface area contributed by atoms with Crippen LogP contribution in [0.3, 0.4) is 0 Å². The summed E-state index contributed by atoms with van der Waals surface area (Å²) >= 11 is 3.18. The molecule has 2 aromatic heterocycles. The van der Waals surface area contributed by atoms with Gasteiger partial charge in [-0.15, -0.1) is 11.3 Å². The summed E-state index contributed by atoms with van der Waals surface area (Å²) in [4.78, 5) is 23.1. The lowest BCUT2D eigenvalue weighted by molar-refractivity contribution is -0.118. The van der Waals surface area contributed by atoms with E-state index in [9.17, 15) is 4.79 Å². The smallest absolute Gasteiger partial charge is 0.230 e. The summed E-state index contributed by atoms with van der Waals surface area (Å²) in [6.45, 7) is 7.07. The molecule has 0 aliphatic carbocycles. The molecule has 0 spiro atoms. The third-order valence-electron chi connectivity index (χ3n) is 4.26. The standard InChI is InChI=1S/C16H22N4OS2/c1-10-11(2)23-16-14(10)15(19-9-20-16)22-8-13(21)18-7-12-4-3-5-17-6-12/h9,12,17H,3-8H2,1-2H3,(H,18,21). The number of nitrogens with zero attached hydrogens (tertiary/aromatic N) is 2. The number of hydrogen-bond acceptors (Lipinski definition) is 6. The monoisotopic (exact) mass is 350 g/mol. The number of nitrogens with one attached hydrogen (secondary N) is 2. The van der Waals surface area contributed by atoms with Gasteiger partial charge < -0.3 is 10.6 Å². The van der Waals surface area contributed by atoms with Crippen molar-refractivity contribution >= 4 is 39.2 Å². The van der Waals surface area contributed by atoms with E-state index in [2.05, 4.69) is 34.4 Å². The molecule has 2 aromatic rings. The Hall–Kier alpha value is -1.18. The second kappa shape index (κ2) is 7.59. The fourth-order valence-electron chi connectivity index (χ4n) is 2.80. The first kappa shape index (κ1) is 16.7. The number of aromatic nitrogens is 2. The van der Waals surface area contributed by atoms with Gasteiger partial charge in [-0.2, -0.15) is 0 Å². The van der Waals surface area contributed by atoms with Crippen molar-refractivity contribution in [1.82, 2.24) is 20.6 Å². The summed E-state index contributed by atoms with van der Waals surface area (Å²) in [6, 6.07) is 0. The summed E-state index contributed by atoms with van der Waals surface area (Å²) in [6.07, 6.45) is 3.98. The average Bonchev–Trinajstić information content (AvgIpc) is 2.87. The zero-order valence-electron chi connectivity index (χ0n) is 13.5. The molecule has 7 heteroatoms. The molecule has 23 heavy (non-hydrogen) atoms. The van der Waals surface area contributed by atoms with Crippen LogP contribution in [0.2, 0.25) is 0 Å². The zero-order valence-corrected chi connectivity index (χ0v) is 15.1. The number of aryl methyl sites for hydroxylation is 2. The molecule has 1 unspecified atom stereocenters. The number of piperidine rings is 1. The number of carbonyl (C=O) groups excluding carboxylic acids is 1. The van der Waals surface area contributed by atoms with E-state index < -0.39 is 0 Å². The molecule has 1 atom stereocenters. The van der Waals surface area contributed by atoms with Crippen molar-refractivity contribution in [2.75, 3.05) is 25.4 Å². The summed E-state index contributed by atoms with van der Waals surface area (Å²) in [5, 5.41) is 8.43. The molecule has 0 radical (unpaired) electrons. The Morgan fingerprint density at radius 3 is 3.13 bits per heavy atom. The molecular formula is C16H22N4OS2. The third kappa shape index (κ3) is 4.02. The number of hydrogen-bond donors (Lipinski definition) is 2. The van der Waals surface area contributed by atoms with Crippen molar-refractivity contribution in [3.05, 3.63) is 16.8 Å². The lowest BCUT2D eigenvalue weighted by atomic mass is 10.00. The number of carbonyl (C=O) groups is 1. The fourth-order valence-corrected chi connectivity index (χ4v) is 4.75. The van der Waals surface area contributed by atoms with E-state index in [4.69, 9.17) is 0 Å². The largest absolute Gasteiger partial charge is 0.355 e. The minimum absolute atomic E-state index is 0.0805. The van der Waals surface area contributed by atoms with Crippen LogP contribution in [-0.2, 0) is 4.79 Å². The second-order valence-electron chi connectivity index (χ2n) is 5.95. The molecule has 1 aliphatic heterocycles. The van der Waals surface area contributed by atoms with E-state index >= 15 is 0 Å². The van der Waals surface area contributed by atoms with E-state index in [1.165, 1.54) is 35.0 Å². The second-order valence-corrected chi connectivity index (χ2v) is 8.11. The summed E-state index contributed by atoms with van der Waals surface area (Å²) in [5.74, 6) is 1.04. The van der Waals surface area contributed by atoms with Gasteiger partial charge in [0.25, 0.3) is 0 Å². The molecule has 3 rings (SSSR count). The first-order valence-electron chi connectivity index (χ1n) is 7.96. The van der Waals surface area contributed by atoms with Gasteiger partial charge in [-0.1, -0.05) is 11.8 Å². The van der Waals surface area contributed by atoms with Gasteiger partial charge in [0, 0.05) is 16.8 Å². The molecule has 3 heterocycles. The minimum atomic E-state index is 0.0805. The Labute approximate surface area is 144 Å². The van der Waals surface area contributed by atoms with Gasteiger partial charge in [-0.3, -0.25) is 4.79 Å². The van der Waals surface area contributed by atoms with Crippen LogP contribution in [0.5, 0.6) is 0 Å². The molecule has 0 aromatic carbocycles. The van der Waals surface area contributed by atoms with Gasteiger partial charge in [0.15, 0.2) is 0 Å². The van der Waals surface area contributed by atoms with E-state index in [-0.39, 0.29) is 5.91 Å². The molecule has 0 bridgehead atoms. The first-order chi connectivity index (χ1) is 11.1. The van der Waals surface area contributed by atoms with Gasteiger partial charge in [-0.05, 0) is 51.3 Å². The SMILES string of the molecule is Cc1sc2ncnc(SCC(=O)NCC3CCCNC3)c2c1C. The Bertz CT molecular complexity index is 695. The molecule has 2 N–H and O–H groups in total. The highest BCUT2D eigenvalue weighted by atomic mass is 32.2. The molecule has 1 amide bonds. The lowest BCUT2D eigenvalue weighted by Gasteiger charge is -2.22. The number of rotatable bonds is 5. The number of fused-ring (bicyclic) bond motifs is 1. The van der Waals surface area contributed by atoms with E-state index in [0.717, 1.165) is 34.9 Å². The van der Waals surface area contributed by atoms with Crippen molar-refractivity contribution in [2.24, 2.45) is 5.92 Å². The van der Waals surface area contributed by atoms with Gasteiger partial charge in [0.2, 0.25) is 5.91 Å². The molecule has 1 aliphatic rings. The average molecular weight is 351 g/mol. The van der Waals surface area contributed by atoms with Crippen LogP contribution in [0.4, 0.5) is 0 Å². The molecule has 1 fully saturated rings. The molecule has 0 saturated carbocycles. The summed E-state index contributed by atoms with van der Waals surface area (Å²) in [7, 11) is 0. The highest BCUT2D eigenvalue weighted by Gasteiger charge is 2.16. The van der Waals surface area contributed by atoms with Crippen LogP contribution >= 0.6 is 23.1 Å². The number of thioether (sulfide) groups is 1. The van der Waals surface area contributed by atoms with E-state index in [0.29, 0.717) is 11.7 Å². The minimum Gasteiger partial charge on any atom is -0.355 e. The Balaban J connectivity index is 1.56.